The number of sulfonamides is 1. The molecule has 1 N–H and O–H groups in total. The zero-order chi connectivity index (χ0) is 25.0. The van der Waals surface area contributed by atoms with Gasteiger partial charge in [-0.05, 0) is 49.2 Å². The molecule has 4 rings (SSSR count). The number of anilines is 1. The fourth-order valence-corrected chi connectivity index (χ4v) is 5.18. The second-order valence-corrected chi connectivity index (χ2v) is 11.5. The number of carbonyl (C=O) groups is 1. The number of likely N-dealkylation sites (tertiary alicyclic amines) is 1. The number of nitrogens with zero attached hydrogens (tertiary/aromatic N) is 2. The Bertz CT molecular complexity index is 1140. The smallest absolute Gasteiger partial charge is 0.254 e. The predicted octanol–water partition coefficient (Wildman–Crippen LogP) is 3.75. The number of morpholine rings is 1. The lowest BCUT2D eigenvalue weighted by Crippen LogP contribution is -2.51. The summed E-state index contributed by atoms with van der Waals surface area (Å²) in [5, 5.41) is 0.992. The van der Waals surface area contributed by atoms with Gasteiger partial charge in [0.2, 0.25) is 10.0 Å². The van der Waals surface area contributed by atoms with E-state index in [-0.39, 0.29) is 18.1 Å². The molecule has 0 bridgehead atoms. The first kappa shape index (κ1) is 26.0. The van der Waals surface area contributed by atoms with E-state index in [0.29, 0.717) is 41.0 Å². The van der Waals surface area contributed by atoms with Crippen molar-refractivity contribution < 1.29 is 22.7 Å². The second-order valence-electron chi connectivity index (χ2n) is 8.89. The molecule has 2 aliphatic rings. The number of piperidine rings is 1. The van der Waals surface area contributed by atoms with Crippen molar-refractivity contribution in [1.82, 2.24) is 9.80 Å². The van der Waals surface area contributed by atoms with Crippen LogP contribution in [0.25, 0.3) is 0 Å². The van der Waals surface area contributed by atoms with Gasteiger partial charge in [-0.3, -0.25) is 9.52 Å². The van der Waals surface area contributed by atoms with Gasteiger partial charge in [-0.15, -0.1) is 0 Å². The third-order valence-electron chi connectivity index (χ3n) is 6.05. The maximum Gasteiger partial charge on any atom is 0.254 e. The van der Waals surface area contributed by atoms with Crippen LogP contribution in [0.4, 0.5) is 5.69 Å². The van der Waals surface area contributed by atoms with Gasteiger partial charge in [0.1, 0.15) is 11.9 Å². The third-order valence-corrected chi connectivity index (χ3v) is 7.40. The van der Waals surface area contributed by atoms with E-state index in [1.54, 1.807) is 41.3 Å². The van der Waals surface area contributed by atoms with Crippen LogP contribution in [0.2, 0.25) is 10.0 Å². The topological polar surface area (TPSA) is 88.2 Å². The van der Waals surface area contributed by atoms with Crippen LogP contribution in [0.3, 0.4) is 0 Å². The van der Waals surface area contributed by atoms with Gasteiger partial charge in [-0.1, -0.05) is 23.2 Å². The molecule has 0 saturated carbocycles. The standard InChI is InChI=1S/C24H29Cl2N3O5S/c1-35(31,32)27-18-4-2-17(3-5-18)24(30)29-12-13-33-21(16-29)15-28-10-8-19(9-11-28)34-20-6-7-22(25)23(26)14-20/h2-7,14,19,21,27H,8-13,15-16H2,1H3. The highest BCUT2D eigenvalue weighted by Crippen LogP contribution is 2.28. The van der Waals surface area contributed by atoms with Gasteiger partial charge in [-0.25, -0.2) is 8.42 Å². The Morgan fingerprint density at radius 1 is 1.09 bits per heavy atom. The molecule has 190 valence electrons. The summed E-state index contributed by atoms with van der Waals surface area (Å²) in [6.07, 6.45) is 2.93. The fourth-order valence-electron chi connectivity index (χ4n) is 4.33. The molecule has 1 atom stereocenters. The number of rotatable bonds is 7. The van der Waals surface area contributed by atoms with Crippen molar-refractivity contribution >= 4 is 44.8 Å². The van der Waals surface area contributed by atoms with Gasteiger partial charge in [0.05, 0.1) is 29.0 Å². The van der Waals surface area contributed by atoms with Crippen molar-refractivity contribution in [3.05, 3.63) is 58.1 Å². The van der Waals surface area contributed by atoms with E-state index in [1.165, 1.54) is 0 Å². The minimum absolute atomic E-state index is 0.0635. The van der Waals surface area contributed by atoms with Gasteiger partial charge in [0.15, 0.2) is 0 Å². The van der Waals surface area contributed by atoms with Crippen LogP contribution >= 0.6 is 23.2 Å². The summed E-state index contributed by atoms with van der Waals surface area (Å²) in [6.45, 7) is 4.05. The summed E-state index contributed by atoms with van der Waals surface area (Å²) in [4.78, 5) is 17.1. The maximum absolute atomic E-state index is 13.0. The van der Waals surface area contributed by atoms with Crippen molar-refractivity contribution in [3.8, 4) is 5.75 Å². The van der Waals surface area contributed by atoms with Crippen LogP contribution in [-0.4, -0.2) is 81.9 Å². The van der Waals surface area contributed by atoms with E-state index in [0.717, 1.165) is 44.5 Å². The largest absolute Gasteiger partial charge is 0.490 e. The van der Waals surface area contributed by atoms with Crippen LogP contribution in [0.1, 0.15) is 23.2 Å². The highest BCUT2D eigenvalue weighted by Gasteiger charge is 2.28. The molecule has 1 unspecified atom stereocenters. The van der Waals surface area contributed by atoms with Gasteiger partial charge in [-0.2, -0.15) is 0 Å². The van der Waals surface area contributed by atoms with Crippen LogP contribution in [0, 0.1) is 0 Å². The fraction of sp³-hybridized carbons (Fsp3) is 0.458. The molecule has 0 spiro atoms. The number of amides is 1. The van der Waals surface area contributed by atoms with E-state index in [4.69, 9.17) is 32.7 Å². The number of benzene rings is 2. The van der Waals surface area contributed by atoms with Crippen molar-refractivity contribution in [3.63, 3.8) is 0 Å². The molecular formula is C24H29Cl2N3O5S. The molecular weight excluding hydrogens is 513 g/mol. The van der Waals surface area contributed by atoms with E-state index in [2.05, 4.69) is 9.62 Å². The average molecular weight is 542 g/mol. The lowest BCUT2D eigenvalue weighted by Gasteiger charge is -2.38. The highest BCUT2D eigenvalue weighted by atomic mass is 35.5. The molecule has 35 heavy (non-hydrogen) atoms. The number of nitrogens with one attached hydrogen (secondary N) is 1. The summed E-state index contributed by atoms with van der Waals surface area (Å²) in [5.74, 6) is 0.640. The van der Waals surface area contributed by atoms with Crippen molar-refractivity contribution in [1.29, 1.82) is 0 Å². The first-order valence-corrected chi connectivity index (χ1v) is 14.1. The monoisotopic (exact) mass is 541 g/mol. The van der Waals surface area contributed by atoms with Crippen molar-refractivity contribution in [2.45, 2.75) is 25.0 Å². The molecule has 0 aromatic heterocycles. The van der Waals surface area contributed by atoms with Gasteiger partial charge >= 0.3 is 0 Å². The lowest BCUT2D eigenvalue weighted by molar-refractivity contribution is -0.0414. The minimum atomic E-state index is -3.36. The number of ether oxygens (including phenoxy) is 2. The highest BCUT2D eigenvalue weighted by molar-refractivity contribution is 7.92. The van der Waals surface area contributed by atoms with E-state index in [9.17, 15) is 13.2 Å². The summed E-state index contributed by atoms with van der Waals surface area (Å²) in [7, 11) is -3.36. The third kappa shape index (κ3) is 7.47. The zero-order valence-electron chi connectivity index (χ0n) is 19.5. The Labute approximate surface area is 216 Å². The summed E-state index contributed by atoms with van der Waals surface area (Å²) in [6, 6.07) is 11.8. The van der Waals surface area contributed by atoms with Gasteiger partial charge < -0.3 is 19.3 Å². The number of hydrogen-bond acceptors (Lipinski definition) is 6. The predicted molar refractivity (Wildman–Crippen MR) is 137 cm³/mol. The Hall–Kier alpha value is -2.04. The Balaban J connectivity index is 1.25. The molecule has 2 fully saturated rings. The molecule has 0 radical (unpaired) electrons. The second kappa shape index (κ2) is 11.3. The quantitative estimate of drug-likeness (QED) is 0.574. The molecule has 1 amide bonds. The molecule has 8 nitrogen and oxygen atoms in total. The maximum atomic E-state index is 13.0. The average Bonchev–Trinajstić information content (AvgIpc) is 2.82. The zero-order valence-corrected chi connectivity index (χ0v) is 21.8. The number of hydrogen-bond donors (Lipinski definition) is 1. The Morgan fingerprint density at radius 3 is 2.46 bits per heavy atom. The lowest BCUT2D eigenvalue weighted by atomic mass is 10.1. The first-order chi connectivity index (χ1) is 16.7. The number of halogens is 2. The molecule has 0 aliphatic carbocycles. The Morgan fingerprint density at radius 2 is 1.80 bits per heavy atom. The van der Waals surface area contributed by atoms with E-state index >= 15 is 0 Å². The summed E-state index contributed by atoms with van der Waals surface area (Å²) >= 11 is 12.1. The molecule has 2 aliphatic heterocycles. The van der Waals surface area contributed by atoms with Gasteiger partial charge in [0, 0.05) is 50.0 Å². The molecule has 2 heterocycles. The minimum Gasteiger partial charge on any atom is -0.490 e. The van der Waals surface area contributed by atoms with E-state index < -0.39 is 10.0 Å². The van der Waals surface area contributed by atoms with Crippen molar-refractivity contribution in [2.75, 3.05) is 50.3 Å². The van der Waals surface area contributed by atoms with Crippen molar-refractivity contribution in [2.24, 2.45) is 0 Å². The Kier molecular flexibility index (Phi) is 8.44. The first-order valence-electron chi connectivity index (χ1n) is 11.5. The van der Waals surface area contributed by atoms with Crippen LogP contribution in [-0.2, 0) is 14.8 Å². The molecule has 2 aromatic rings. The van der Waals surface area contributed by atoms with Crippen LogP contribution < -0.4 is 9.46 Å². The SMILES string of the molecule is CS(=O)(=O)Nc1ccc(C(=O)N2CCOC(CN3CCC(Oc4ccc(Cl)c(Cl)c4)CC3)C2)cc1. The summed E-state index contributed by atoms with van der Waals surface area (Å²) in [5.41, 5.74) is 0.945. The summed E-state index contributed by atoms with van der Waals surface area (Å²) < 4.78 is 37.2. The van der Waals surface area contributed by atoms with Gasteiger partial charge in [0.25, 0.3) is 5.91 Å². The van der Waals surface area contributed by atoms with Crippen LogP contribution in [0.15, 0.2) is 42.5 Å². The number of carbonyl (C=O) groups excluding carboxylic acids is 1. The molecule has 2 aromatic carbocycles. The van der Waals surface area contributed by atoms with Crippen LogP contribution in [0.5, 0.6) is 5.75 Å². The normalized spacial score (nSPS) is 20.0. The molecule has 2 saturated heterocycles. The van der Waals surface area contributed by atoms with E-state index in [1.807, 2.05) is 6.07 Å². The molecule has 11 heteroatoms.